The van der Waals surface area contributed by atoms with Crippen molar-refractivity contribution in [2.45, 2.75) is 24.5 Å². The Morgan fingerprint density at radius 3 is 2.73 bits per heavy atom. The number of rotatable bonds is 4. The summed E-state index contributed by atoms with van der Waals surface area (Å²) in [7, 11) is 3.20. The summed E-state index contributed by atoms with van der Waals surface area (Å²) in [5, 5.41) is 0. The van der Waals surface area contributed by atoms with Gasteiger partial charge in [0.25, 0.3) is 5.91 Å². The number of guanidine groups is 1. The number of pyridine rings is 2. The Bertz CT molecular complexity index is 1260. The normalized spacial score (nSPS) is 21.5. The number of fused-ring (bicyclic) bond motifs is 2. The zero-order chi connectivity index (χ0) is 23.2. The molecule has 2 aliphatic heterocycles. The third-order valence-electron chi connectivity index (χ3n) is 6.09. The summed E-state index contributed by atoms with van der Waals surface area (Å²) in [6, 6.07) is 12.5. The number of aromatic nitrogens is 2. The van der Waals surface area contributed by atoms with Gasteiger partial charge in [-0.15, -0.1) is 0 Å². The molecule has 2 N–H and O–H groups in total. The van der Waals surface area contributed by atoms with E-state index in [1.165, 1.54) is 17.3 Å². The minimum Gasteiger partial charge on any atom is -0.497 e. The molecule has 2 aromatic heterocycles. The van der Waals surface area contributed by atoms with Crippen LogP contribution in [0.25, 0.3) is 11.3 Å². The van der Waals surface area contributed by atoms with Crippen LogP contribution in [0.3, 0.4) is 0 Å². The van der Waals surface area contributed by atoms with Gasteiger partial charge in [-0.1, -0.05) is 12.1 Å². The summed E-state index contributed by atoms with van der Waals surface area (Å²) in [6.07, 6.45) is 3.37. The predicted molar refractivity (Wildman–Crippen MR) is 119 cm³/mol. The van der Waals surface area contributed by atoms with E-state index in [1.807, 2.05) is 24.3 Å². The Morgan fingerprint density at radius 2 is 2.06 bits per heavy atom. The van der Waals surface area contributed by atoms with Gasteiger partial charge in [-0.05, 0) is 35.9 Å². The molecule has 5 rings (SSSR count). The minimum absolute atomic E-state index is 0.127. The summed E-state index contributed by atoms with van der Waals surface area (Å²) in [4.78, 5) is 27.4. The Kier molecular flexibility index (Phi) is 4.96. The number of aliphatic imine (C=N–C) groups is 1. The number of hydrogen-bond acceptors (Lipinski definition) is 7. The lowest BCUT2D eigenvalue weighted by molar-refractivity contribution is -0.132. The van der Waals surface area contributed by atoms with Gasteiger partial charge >= 0.3 is 0 Å². The van der Waals surface area contributed by atoms with E-state index in [1.54, 1.807) is 32.4 Å². The minimum atomic E-state index is -1.26. The van der Waals surface area contributed by atoms with Crippen LogP contribution in [0.2, 0.25) is 0 Å². The molecule has 3 aromatic rings. The highest BCUT2D eigenvalue weighted by Crippen LogP contribution is 2.47. The second-order valence-corrected chi connectivity index (χ2v) is 8.10. The molecule has 0 saturated heterocycles. The molecule has 4 heterocycles. The molecular formula is C24H22FN5O3. The van der Waals surface area contributed by atoms with Crippen LogP contribution in [0.15, 0.2) is 59.9 Å². The fraction of sp³-hybridized carbons (Fsp3) is 0.250. The van der Waals surface area contributed by atoms with Crippen LogP contribution < -0.4 is 15.2 Å². The number of hydrogen-bond donors (Lipinski definition) is 1. The lowest BCUT2D eigenvalue weighted by Gasteiger charge is -2.36. The van der Waals surface area contributed by atoms with Gasteiger partial charge < -0.3 is 15.2 Å². The van der Waals surface area contributed by atoms with Crippen LogP contribution in [0, 0.1) is 5.95 Å². The fourth-order valence-corrected chi connectivity index (χ4v) is 4.39. The largest absolute Gasteiger partial charge is 0.497 e. The molecule has 0 bridgehead atoms. The second-order valence-electron chi connectivity index (χ2n) is 8.10. The van der Waals surface area contributed by atoms with Crippen molar-refractivity contribution in [2.24, 2.45) is 10.7 Å². The van der Waals surface area contributed by atoms with E-state index >= 15 is 0 Å². The lowest BCUT2D eigenvalue weighted by atomic mass is 9.80. The SMILES string of the molecule is COc1ccc(C[C@@H]2C[C@@]3(N=C(N)N(C)C3=O)c3cc(-c4cccnc4F)ncc3O2)cc1. The number of likely N-dealkylation sites (N-methyl/N-ethyl adjacent to an activating group) is 1. The van der Waals surface area contributed by atoms with Crippen molar-refractivity contribution in [1.82, 2.24) is 14.9 Å². The first-order valence-corrected chi connectivity index (χ1v) is 10.5. The van der Waals surface area contributed by atoms with Crippen LogP contribution >= 0.6 is 0 Å². The first-order valence-electron chi connectivity index (χ1n) is 10.5. The van der Waals surface area contributed by atoms with Gasteiger partial charge in [-0.25, -0.2) is 9.98 Å². The van der Waals surface area contributed by atoms with Gasteiger partial charge in [0, 0.05) is 31.6 Å². The number of carbonyl (C=O) groups is 1. The monoisotopic (exact) mass is 447 g/mol. The van der Waals surface area contributed by atoms with Gasteiger partial charge in [0.2, 0.25) is 5.95 Å². The van der Waals surface area contributed by atoms with Crippen LogP contribution in [-0.4, -0.2) is 47.0 Å². The number of nitrogens with two attached hydrogens (primary N) is 1. The molecule has 0 saturated carbocycles. The van der Waals surface area contributed by atoms with E-state index in [4.69, 9.17) is 15.2 Å². The van der Waals surface area contributed by atoms with Gasteiger partial charge in [0.1, 0.15) is 17.6 Å². The van der Waals surface area contributed by atoms with E-state index in [2.05, 4.69) is 15.0 Å². The molecule has 168 valence electrons. The summed E-state index contributed by atoms with van der Waals surface area (Å²) in [5.74, 6) is 0.406. The molecule has 1 aromatic carbocycles. The highest BCUT2D eigenvalue weighted by atomic mass is 19.1. The Labute approximate surface area is 189 Å². The molecule has 0 radical (unpaired) electrons. The number of ether oxygens (including phenoxy) is 2. The average molecular weight is 447 g/mol. The highest BCUT2D eigenvalue weighted by molar-refractivity contribution is 6.07. The maximum absolute atomic E-state index is 14.3. The Hall–Kier alpha value is -4.01. The van der Waals surface area contributed by atoms with Gasteiger partial charge in [0.15, 0.2) is 11.5 Å². The van der Waals surface area contributed by atoms with Gasteiger partial charge in [0.05, 0.1) is 24.6 Å². The van der Waals surface area contributed by atoms with Crippen molar-refractivity contribution in [2.75, 3.05) is 14.2 Å². The molecule has 1 amide bonds. The molecule has 33 heavy (non-hydrogen) atoms. The van der Waals surface area contributed by atoms with E-state index in [0.29, 0.717) is 23.4 Å². The molecule has 0 aliphatic carbocycles. The Morgan fingerprint density at radius 1 is 1.27 bits per heavy atom. The molecular weight excluding hydrogens is 425 g/mol. The van der Waals surface area contributed by atoms with Crippen LogP contribution in [0.5, 0.6) is 11.5 Å². The number of methoxy groups -OCH3 is 1. The van der Waals surface area contributed by atoms with Gasteiger partial charge in [-0.3, -0.25) is 14.7 Å². The second kappa shape index (κ2) is 7.84. The van der Waals surface area contributed by atoms with Crippen molar-refractivity contribution in [3.05, 3.63) is 71.9 Å². The van der Waals surface area contributed by atoms with Crippen molar-refractivity contribution in [3.63, 3.8) is 0 Å². The Balaban J connectivity index is 1.57. The van der Waals surface area contributed by atoms with E-state index < -0.39 is 11.5 Å². The molecule has 0 unspecified atom stereocenters. The molecule has 2 aliphatic rings. The van der Waals surface area contributed by atoms with Crippen LogP contribution in [0.4, 0.5) is 4.39 Å². The number of halogens is 1. The van der Waals surface area contributed by atoms with Crippen molar-refractivity contribution in [3.8, 4) is 22.8 Å². The number of carbonyl (C=O) groups excluding carboxylic acids is 1. The molecule has 2 atom stereocenters. The van der Waals surface area contributed by atoms with Gasteiger partial charge in [-0.2, -0.15) is 4.39 Å². The number of nitrogens with zero attached hydrogens (tertiary/aromatic N) is 4. The highest BCUT2D eigenvalue weighted by Gasteiger charge is 2.53. The van der Waals surface area contributed by atoms with Crippen molar-refractivity contribution in [1.29, 1.82) is 0 Å². The van der Waals surface area contributed by atoms with E-state index in [0.717, 1.165) is 11.3 Å². The summed E-state index contributed by atoms with van der Waals surface area (Å²) >= 11 is 0. The molecule has 8 nitrogen and oxygen atoms in total. The van der Waals surface area contributed by atoms with Crippen molar-refractivity contribution >= 4 is 11.9 Å². The smallest absolute Gasteiger partial charge is 0.261 e. The maximum atomic E-state index is 14.3. The summed E-state index contributed by atoms with van der Waals surface area (Å²) < 4.78 is 25.8. The maximum Gasteiger partial charge on any atom is 0.261 e. The average Bonchev–Trinajstić information content (AvgIpc) is 3.03. The molecule has 9 heteroatoms. The third kappa shape index (κ3) is 3.45. The zero-order valence-electron chi connectivity index (χ0n) is 18.2. The lowest BCUT2D eigenvalue weighted by Crippen LogP contribution is -2.46. The molecule has 1 spiro atoms. The van der Waals surface area contributed by atoms with Crippen LogP contribution in [-0.2, 0) is 16.8 Å². The topological polar surface area (TPSA) is 103 Å². The zero-order valence-corrected chi connectivity index (χ0v) is 18.2. The number of amides is 1. The fourth-order valence-electron chi connectivity index (χ4n) is 4.39. The first-order chi connectivity index (χ1) is 15.9. The standard InChI is InChI=1S/C24H22FN5O3/c1-30-22(31)24(29-23(30)26)12-16(10-14-5-7-15(32-2)8-6-14)33-20-13-28-19(11-18(20)24)17-4-3-9-27-21(17)25/h3-9,11,13,16H,10,12H2,1-2H3,(H2,26,29)/t16-,24-/m1/s1. The van der Waals surface area contributed by atoms with Crippen LogP contribution in [0.1, 0.15) is 17.5 Å². The number of benzene rings is 1. The molecule has 0 fully saturated rings. The quantitative estimate of drug-likeness (QED) is 0.617. The summed E-state index contributed by atoms with van der Waals surface area (Å²) in [5.41, 5.74) is 6.89. The first kappa shape index (κ1) is 20.9. The van der Waals surface area contributed by atoms with E-state index in [-0.39, 0.29) is 30.0 Å². The third-order valence-corrected chi connectivity index (χ3v) is 6.09. The van der Waals surface area contributed by atoms with Crippen molar-refractivity contribution < 1.29 is 18.7 Å². The predicted octanol–water partition coefficient (Wildman–Crippen LogP) is 2.67. The van der Waals surface area contributed by atoms with E-state index in [9.17, 15) is 9.18 Å². The summed E-state index contributed by atoms with van der Waals surface area (Å²) in [6.45, 7) is 0.